The molecule has 0 saturated heterocycles. The average molecular weight is 417 g/mol. The van der Waals surface area contributed by atoms with Crippen LogP contribution in [-0.4, -0.2) is 35.0 Å². The van der Waals surface area contributed by atoms with Crippen molar-refractivity contribution in [3.63, 3.8) is 0 Å². The number of carbonyl (C=O) groups is 2. The summed E-state index contributed by atoms with van der Waals surface area (Å²) in [5.74, 6) is -1.54. The molecule has 4 rings (SSSR count). The van der Waals surface area contributed by atoms with Gasteiger partial charge in [0, 0.05) is 5.92 Å². The highest BCUT2D eigenvalue weighted by atomic mass is 16.5. The van der Waals surface area contributed by atoms with E-state index < -0.39 is 24.2 Å². The van der Waals surface area contributed by atoms with Gasteiger partial charge in [-0.15, -0.1) is 0 Å². The monoisotopic (exact) mass is 417 g/mol. The fourth-order valence-electron chi connectivity index (χ4n) is 4.17. The highest BCUT2D eigenvalue weighted by molar-refractivity contribution is 5.79. The summed E-state index contributed by atoms with van der Waals surface area (Å²) in [6.07, 6.45) is -2.59. The van der Waals surface area contributed by atoms with Gasteiger partial charge in [-0.3, -0.25) is 0 Å². The zero-order valence-electron chi connectivity index (χ0n) is 17.0. The van der Waals surface area contributed by atoms with Crippen LogP contribution >= 0.6 is 0 Å². The minimum absolute atomic E-state index is 0.101. The van der Waals surface area contributed by atoms with Crippen LogP contribution in [0.15, 0.2) is 72.8 Å². The molecule has 0 spiro atoms. The van der Waals surface area contributed by atoms with Crippen LogP contribution < -0.4 is 5.32 Å². The Hall–Kier alpha value is -3.64. The Bertz CT molecular complexity index is 1080. The van der Waals surface area contributed by atoms with E-state index in [1.807, 2.05) is 48.5 Å². The van der Waals surface area contributed by atoms with Crippen molar-refractivity contribution in [3.8, 4) is 11.1 Å². The zero-order chi connectivity index (χ0) is 22.0. The molecule has 1 aliphatic rings. The van der Waals surface area contributed by atoms with Crippen molar-refractivity contribution in [2.45, 2.75) is 25.0 Å². The van der Waals surface area contributed by atoms with Gasteiger partial charge in [-0.1, -0.05) is 72.8 Å². The van der Waals surface area contributed by atoms with Gasteiger partial charge in [-0.25, -0.2) is 9.59 Å². The molecule has 3 aromatic rings. The molecular weight excluding hydrogens is 394 g/mol. The minimum atomic E-state index is -1.80. The van der Waals surface area contributed by atoms with Gasteiger partial charge in [0.2, 0.25) is 0 Å². The van der Waals surface area contributed by atoms with Crippen molar-refractivity contribution in [1.82, 2.24) is 5.32 Å². The summed E-state index contributed by atoms with van der Waals surface area (Å²) >= 11 is 0. The maximum absolute atomic E-state index is 12.6. The molecule has 0 fully saturated rings. The molecule has 6 heteroatoms. The molecule has 158 valence electrons. The topological polar surface area (TPSA) is 95.9 Å². The predicted octanol–water partition coefficient (Wildman–Crippen LogP) is 4.02. The summed E-state index contributed by atoms with van der Waals surface area (Å²) in [5.41, 5.74) is 5.67. The number of ether oxygens (including phenoxy) is 1. The van der Waals surface area contributed by atoms with Gasteiger partial charge >= 0.3 is 12.1 Å². The first kappa shape index (κ1) is 20.6. The van der Waals surface area contributed by atoms with Gasteiger partial charge in [-0.05, 0) is 40.3 Å². The van der Waals surface area contributed by atoms with Crippen LogP contribution in [0.5, 0.6) is 0 Å². The number of aryl methyl sites for hydroxylation is 1. The largest absolute Gasteiger partial charge is 0.479 e. The smallest absolute Gasteiger partial charge is 0.407 e. The van der Waals surface area contributed by atoms with Crippen LogP contribution in [0.2, 0.25) is 0 Å². The highest BCUT2D eigenvalue weighted by Gasteiger charge is 2.32. The third kappa shape index (κ3) is 4.02. The molecule has 3 aromatic carbocycles. The summed E-state index contributed by atoms with van der Waals surface area (Å²) in [6.45, 7) is 1.89. The van der Waals surface area contributed by atoms with Crippen molar-refractivity contribution in [2.75, 3.05) is 6.61 Å². The van der Waals surface area contributed by atoms with Crippen molar-refractivity contribution < 1.29 is 24.5 Å². The van der Waals surface area contributed by atoms with Crippen molar-refractivity contribution >= 4 is 12.1 Å². The number of amides is 1. The second kappa shape index (κ2) is 8.62. The third-order valence-electron chi connectivity index (χ3n) is 5.71. The first-order valence-electron chi connectivity index (χ1n) is 10.0. The maximum Gasteiger partial charge on any atom is 0.407 e. The summed E-state index contributed by atoms with van der Waals surface area (Å²) in [4.78, 5) is 24.0. The van der Waals surface area contributed by atoms with Crippen LogP contribution in [0.3, 0.4) is 0 Å². The van der Waals surface area contributed by atoms with E-state index in [0.29, 0.717) is 5.56 Å². The number of carboxylic acid groups (broad SMARTS) is 1. The molecule has 6 nitrogen and oxygen atoms in total. The number of alkyl carbamates (subject to hydrolysis) is 1. The Balaban J connectivity index is 1.52. The molecular formula is C25H23NO5. The van der Waals surface area contributed by atoms with Gasteiger partial charge in [0.25, 0.3) is 0 Å². The van der Waals surface area contributed by atoms with Gasteiger partial charge in [-0.2, -0.15) is 0 Å². The molecule has 0 aliphatic heterocycles. The van der Waals surface area contributed by atoms with Crippen LogP contribution in [-0.2, 0) is 9.53 Å². The van der Waals surface area contributed by atoms with Gasteiger partial charge in [0.15, 0.2) is 6.10 Å². The van der Waals surface area contributed by atoms with E-state index in [1.165, 1.54) is 0 Å². The highest BCUT2D eigenvalue weighted by Crippen LogP contribution is 2.44. The molecule has 0 saturated carbocycles. The Morgan fingerprint density at radius 3 is 2.06 bits per heavy atom. The molecule has 1 amide bonds. The number of benzene rings is 3. The SMILES string of the molecule is Cc1ccccc1[C@H](NC(=O)OCC1c2ccccc2-c2ccccc21)[C@H](O)C(=O)O. The number of nitrogens with one attached hydrogen (secondary N) is 1. The molecule has 1 aliphatic carbocycles. The van der Waals surface area contributed by atoms with E-state index in [-0.39, 0.29) is 12.5 Å². The lowest BCUT2D eigenvalue weighted by atomic mass is 9.97. The molecule has 0 bridgehead atoms. The number of carbonyl (C=O) groups excluding carboxylic acids is 1. The fraction of sp³-hybridized carbons (Fsp3) is 0.200. The van der Waals surface area contributed by atoms with E-state index in [9.17, 15) is 19.8 Å². The van der Waals surface area contributed by atoms with Crippen molar-refractivity contribution in [1.29, 1.82) is 0 Å². The number of aliphatic carboxylic acids is 1. The minimum Gasteiger partial charge on any atom is -0.479 e. The van der Waals surface area contributed by atoms with Crippen molar-refractivity contribution in [2.24, 2.45) is 0 Å². The Morgan fingerprint density at radius 1 is 0.935 bits per heavy atom. The summed E-state index contributed by atoms with van der Waals surface area (Å²) in [6, 6.07) is 21.9. The molecule has 0 aromatic heterocycles. The second-order valence-electron chi connectivity index (χ2n) is 7.59. The number of hydrogen-bond donors (Lipinski definition) is 3. The Labute approximate surface area is 180 Å². The third-order valence-corrected chi connectivity index (χ3v) is 5.71. The quantitative estimate of drug-likeness (QED) is 0.563. The first-order valence-corrected chi connectivity index (χ1v) is 10.0. The lowest BCUT2D eigenvalue weighted by Crippen LogP contribution is -2.41. The van der Waals surface area contributed by atoms with E-state index in [0.717, 1.165) is 27.8 Å². The fourth-order valence-corrected chi connectivity index (χ4v) is 4.17. The predicted molar refractivity (Wildman–Crippen MR) is 116 cm³/mol. The van der Waals surface area contributed by atoms with Crippen molar-refractivity contribution in [3.05, 3.63) is 95.1 Å². The zero-order valence-corrected chi connectivity index (χ0v) is 17.0. The van der Waals surface area contributed by atoms with Crippen LogP contribution in [0.4, 0.5) is 4.79 Å². The number of rotatable bonds is 6. The molecule has 31 heavy (non-hydrogen) atoms. The van der Waals surface area contributed by atoms with Gasteiger partial charge < -0.3 is 20.3 Å². The number of fused-ring (bicyclic) bond motifs is 3. The number of aliphatic hydroxyl groups excluding tert-OH is 1. The van der Waals surface area contributed by atoms with Gasteiger partial charge in [0.1, 0.15) is 6.61 Å². The molecule has 2 atom stereocenters. The van der Waals surface area contributed by atoms with Crippen LogP contribution in [0.25, 0.3) is 11.1 Å². The van der Waals surface area contributed by atoms with E-state index >= 15 is 0 Å². The normalized spacial score (nSPS) is 14.3. The summed E-state index contributed by atoms with van der Waals surface area (Å²) < 4.78 is 5.51. The summed E-state index contributed by atoms with van der Waals surface area (Å²) in [5, 5.41) is 22.0. The first-order chi connectivity index (χ1) is 15.0. The van der Waals surface area contributed by atoms with Crippen LogP contribution in [0.1, 0.15) is 34.2 Å². The lowest BCUT2D eigenvalue weighted by molar-refractivity contribution is -0.148. The molecule has 3 N–H and O–H groups in total. The van der Waals surface area contributed by atoms with E-state index in [4.69, 9.17) is 4.74 Å². The number of carboxylic acids is 1. The lowest BCUT2D eigenvalue weighted by Gasteiger charge is -2.24. The molecule has 0 unspecified atom stereocenters. The van der Waals surface area contributed by atoms with E-state index in [2.05, 4.69) is 5.32 Å². The Morgan fingerprint density at radius 2 is 1.48 bits per heavy atom. The summed E-state index contributed by atoms with van der Waals surface area (Å²) in [7, 11) is 0. The maximum atomic E-state index is 12.6. The molecule has 0 heterocycles. The van der Waals surface area contributed by atoms with Gasteiger partial charge in [0.05, 0.1) is 6.04 Å². The average Bonchev–Trinajstić information content (AvgIpc) is 3.10. The molecule has 0 radical (unpaired) electrons. The number of hydrogen-bond acceptors (Lipinski definition) is 4. The second-order valence-corrected chi connectivity index (χ2v) is 7.59. The van der Waals surface area contributed by atoms with Crippen LogP contribution in [0, 0.1) is 6.92 Å². The number of aliphatic hydroxyl groups is 1. The Kier molecular flexibility index (Phi) is 5.73. The van der Waals surface area contributed by atoms with E-state index in [1.54, 1.807) is 31.2 Å². The standard InChI is InChI=1S/C25H23NO5/c1-15-8-2-3-9-16(15)22(23(27)24(28)29)26-25(30)31-14-21-19-12-6-4-10-17(19)18-11-5-7-13-20(18)21/h2-13,21-23,27H,14H2,1H3,(H,26,30)(H,28,29)/t22-,23-/m0/s1.